The van der Waals surface area contributed by atoms with Gasteiger partial charge in [-0.15, -0.1) is 6.58 Å². The summed E-state index contributed by atoms with van der Waals surface area (Å²) in [6.45, 7) is 15.8. The van der Waals surface area contributed by atoms with Crippen LogP contribution in [0.25, 0.3) is 0 Å². The van der Waals surface area contributed by atoms with Crippen molar-refractivity contribution in [2.75, 3.05) is 7.11 Å². The van der Waals surface area contributed by atoms with Crippen molar-refractivity contribution >= 4 is 5.97 Å². The second-order valence-corrected chi connectivity index (χ2v) is 7.71. The van der Waals surface area contributed by atoms with Gasteiger partial charge in [0.1, 0.15) is 0 Å². The quantitative estimate of drug-likeness (QED) is 0.335. The summed E-state index contributed by atoms with van der Waals surface area (Å²) in [5.41, 5.74) is 0.895. The molecule has 1 N–H and O–H groups in total. The number of esters is 1. The Morgan fingerprint density at radius 1 is 1.42 bits per heavy atom. The second-order valence-electron chi connectivity index (χ2n) is 7.71. The van der Waals surface area contributed by atoms with Gasteiger partial charge in [-0.3, -0.25) is 0 Å². The summed E-state index contributed by atoms with van der Waals surface area (Å²) in [4.78, 5) is 12.2. The van der Waals surface area contributed by atoms with Gasteiger partial charge in [-0.05, 0) is 57.3 Å². The predicted octanol–water partition coefficient (Wildman–Crippen LogP) is 4.60. The van der Waals surface area contributed by atoms with Crippen LogP contribution in [0.2, 0.25) is 0 Å². The van der Waals surface area contributed by atoms with E-state index in [1.165, 1.54) is 7.11 Å². The van der Waals surface area contributed by atoms with Crippen molar-refractivity contribution in [3.05, 3.63) is 48.6 Å². The Labute approximate surface area is 146 Å². The van der Waals surface area contributed by atoms with Crippen molar-refractivity contribution in [2.45, 2.75) is 52.6 Å². The Bertz CT molecular complexity index is 548. The number of rotatable bonds is 6. The Kier molecular flexibility index (Phi) is 6.79. The van der Waals surface area contributed by atoms with Gasteiger partial charge in [0, 0.05) is 5.57 Å². The molecule has 3 atom stereocenters. The summed E-state index contributed by atoms with van der Waals surface area (Å²) < 4.78 is 4.98. The molecule has 0 aliphatic heterocycles. The molecular weight excluding hydrogens is 300 g/mol. The maximum absolute atomic E-state index is 12.2. The fourth-order valence-electron chi connectivity index (χ4n) is 3.50. The average Bonchev–Trinajstić information content (AvgIpc) is 2.50. The van der Waals surface area contributed by atoms with Gasteiger partial charge in [0.2, 0.25) is 0 Å². The first-order chi connectivity index (χ1) is 11.0. The molecule has 24 heavy (non-hydrogen) atoms. The molecule has 134 valence electrons. The lowest BCUT2D eigenvalue weighted by Gasteiger charge is -2.43. The Morgan fingerprint density at radius 2 is 2.04 bits per heavy atom. The highest BCUT2D eigenvalue weighted by Crippen LogP contribution is 2.49. The van der Waals surface area contributed by atoms with E-state index in [2.05, 4.69) is 20.1 Å². The molecule has 0 radical (unpaired) electrons. The molecule has 3 nitrogen and oxygen atoms in total. The van der Waals surface area contributed by atoms with E-state index in [1.54, 1.807) is 32.1 Å². The zero-order valence-electron chi connectivity index (χ0n) is 15.8. The highest BCUT2D eigenvalue weighted by atomic mass is 16.5. The zero-order valence-corrected chi connectivity index (χ0v) is 15.8. The van der Waals surface area contributed by atoms with Crippen LogP contribution in [-0.2, 0) is 9.53 Å². The number of hydrogen-bond donors (Lipinski definition) is 1. The maximum Gasteiger partial charge on any atom is 0.334 e. The van der Waals surface area contributed by atoms with Crippen LogP contribution >= 0.6 is 0 Å². The monoisotopic (exact) mass is 332 g/mol. The summed E-state index contributed by atoms with van der Waals surface area (Å²) in [6, 6.07) is 0. The lowest BCUT2D eigenvalue weighted by Crippen LogP contribution is -2.35. The maximum atomic E-state index is 12.2. The third kappa shape index (κ3) is 5.20. The molecule has 0 aromatic carbocycles. The summed E-state index contributed by atoms with van der Waals surface area (Å²) in [5.74, 6) is 0.113. The lowest BCUT2D eigenvalue weighted by molar-refractivity contribution is -0.137. The normalized spacial score (nSPS) is 28.7. The molecule has 1 aliphatic carbocycles. The number of aliphatic hydroxyl groups is 1. The first-order valence-electron chi connectivity index (χ1n) is 8.53. The van der Waals surface area contributed by atoms with E-state index >= 15 is 0 Å². The number of methoxy groups -OCH3 is 1. The van der Waals surface area contributed by atoms with Gasteiger partial charge in [0.05, 0.1) is 12.7 Å². The van der Waals surface area contributed by atoms with Crippen LogP contribution in [0.3, 0.4) is 0 Å². The SMILES string of the molecule is C=C[C@@]1(C)CC[C@H](/C(=C/C=C/C(C)(C)O)C(=O)OC)C[C@@H]1C(=C)C. The molecule has 0 aromatic rings. The van der Waals surface area contributed by atoms with Crippen molar-refractivity contribution in [1.82, 2.24) is 0 Å². The molecule has 0 unspecified atom stereocenters. The predicted molar refractivity (Wildman–Crippen MR) is 99.5 cm³/mol. The Balaban J connectivity index is 3.10. The topological polar surface area (TPSA) is 46.5 Å². The first-order valence-corrected chi connectivity index (χ1v) is 8.53. The summed E-state index contributed by atoms with van der Waals surface area (Å²) >= 11 is 0. The molecular formula is C21H32O3. The third-order valence-corrected chi connectivity index (χ3v) is 5.05. The van der Waals surface area contributed by atoms with Crippen LogP contribution in [0.1, 0.15) is 47.0 Å². The first kappa shape index (κ1) is 20.4. The minimum Gasteiger partial charge on any atom is -0.466 e. The molecule has 1 aliphatic rings. The molecule has 0 aromatic heterocycles. The Morgan fingerprint density at radius 3 is 2.50 bits per heavy atom. The zero-order chi connectivity index (χ0) is 18.5. The second kappa shape index (κ2) is 7.98. The van der Waals surface area contributed by atoms with Gasteiger partial charge in [-0.25, -0.2) is 4.79 Å². The van der Waals surface area contributed by atoms with E-state index in [-0.39, 0.29) is 17.3 Å². The molecule has 0 saturated heterocycles. The van der Waals surface area contributed by atoms with Crippen LogP contribution in [0, 0.1) is 17.3 Å². The molecule has 0 amide bonds. The van der Waals surface area contributed by atoms with E-state index in [0.717, 1.165) is 24.8 Å². The molecule has 1 saturated carbocycles. The van der Waals surface area contributed by atoms with E-state index in [4.69, 9.17) is 4.74 Å². The third-order valence-electron chi connectivity index (χ3n) is 5.05. The van der Waals surface area contributed by atoms with Crippen molar-refractivity contribution in [3.8, 4) is 0 Å². The summed E-state index contributed by atoms with van der Waals surface area (Å²) in [5, 5.41) is 9.80. The van der Waals surface area contributed by atoms with Gasteiger partial charge in [0.15, 0.2) is 0 Å². The highest BCUT2D eigenvalue weighted by molar-refractivity contribution is 5.89. The molecule has 0 heterocycles. The summed E-state index contributed by atoms with van der Waals surface area (Å²) in [6.07, 6.45) is 9.94. The fourth-order valence-corrected chi connectivity index (χ4v) is 3.50. The van der Waals surface area contributed by atoms with E-state index in [1.807, 2.05) is 13.0 Å². The molecule has 3 heteroatoms. The van der Waals surface area contributed by atoms with Crippen LogP contribution < -0.4 is 0 Å². The lowest BCUT2D eigenvalue weighted by atomic mass is 9.61. The Hall–Kier alpha value is -1.61. The van der Waals surface area contributed by atoms with Crippen LogP contribution in [0.15, 0.2) is 48.6 Å². The van der Waals surface area contributed by atoms with Crippen molar-refractivity contribution < 1.29 is 14.6 Å². The van der Waals surface area contributed by atoms with E-state index < -0.39 is 5.60 Å². The van der Waals surface area contributed by atoms with Crippen LogP contribution in [0.5, 0.6) is 0 Å². The molecule has 1 rings (SSSR count). The number of ether oxygens (including phenoxy) is 1. The van der Waals surface area contributed by atoms with Crippen molar-refractivity contribution in [2.24, 2.45) is 17.3 Å². The van der Waals surface area contributed by atoms with Gasteiger partial charge < -0.3 is 9.84 Å². The fraction of sp³-hybridized carbons (Fsp3) is 0.571. The van der Waals surface area contributed by atoms with Gasteiger partial charge in [-0.1, -0.05) is 43.4 Å². The number of allylic oxidation sites excluding steroid dienone is 4. The minimum atomic E-state index is -0.911. The number of carbonyl (C=O) groups excluding carboxylic acids is 1. The molecule has 0 spiro atoms. The van der Waals surface area contributed by atoms with Gasteiger partial charge in [-0.2, -0.15) is 0 Å². The number of carbonyl (C=O) groups is 1. The molecule has 1 fully saturated rings. The van der Waals surface area contributed by atoms with E-state index in [9.17, 15) is 9.90 Å². The molecule has 0 bridgehead atoms. The smallest absolute Gasteiger partial charge is 0.334 e. The van der Waals surface area contributed by atoms with E-state index in [0.29, 0.717) is 11.5 Å². The standard InChI is InChI=1S/C21H32O3/c1-8-21(6)13-11-16(14-18(21)15(2)3)17(19(22)24-7)10-9-12-20(4,5)23/h8-10,12,16,18,23H,1-2,11,13-14H2,3-7H3/b12-9+,17-10-/t16-,18+,21-/m0/s1. The summed E-state index contributed by atoms with van der Waals surface area (Å²) in [7, 11) is 1.41. The van der Waals surface area contributed by atoms with Crippen LogP contribution in [-0.4, -0.2) is 23.8 Å². The van der Waals surface area contributed by atoms with Crippen LogP contribution in [0.4, 0.5) is 0 Å². The van der Waals surface area contributed by atoms with Gasteiger partial charge >= 0.3 is 5.97 Å². The van der Waals surface area contributed by atoms with Crippen molar-refractivity contribution in [1.29, 1.82) is 0 Å². The van der Waals surface area contributed by atoms with Crippen molar-refractivity contribution in [3.63, 3.8) is 0 Å². The average molecular weight is 332 g/mol. The number of hydrogen-bond acceptors (Lipinski definition) is 3. The largest absolute Gasteiger partial charge is 0.466 e. The van der Waals surface area contributed by atoms with Gasteiger partial charge in [0.25, 0.3) is 0 Å². The highest BCUT2D eigenvalue weighted by Gasteiger charge is 2.40. The minimum absolute atomic E-state index is 0.0203.